The van der Waals surface area contributed by atoms with Crippen molar-refractivity contribution in [1.82, 2.24) is 4.57 Å². The Hall–Kier alpha value is -1.97. The number of para-hydroxylation sites is 1. The summed E-state index contributed by atoms with van der Waals surface area (Å²) in [5.74, 6) is -0.889. The fourth-order valence-corrected chi connectivity index (χ4v) is 2.29. The van der Waals surface area contributed by atoms with Gasteiger partial charge in [-0.3, -0.25) is 4.79 Å². The molecular weight excluding hydrogens is 242 g/mol. The van der Waals surface area contributed by atoms with Gasteiger partial charge in [0.25, 0.3) is 5.56 Å². The summed E-state index contributed by atoms with van der Waals surface area (Å²) in [5.41, 5.74) is 0.145. The van der Waals surface area contributed by atoms with Crippen LogP contribution in [0.2, 0.25) is 0 Å². The van der Waals surface area contributed by atoms with Crippen LogP contribution in [-0.4, -0.2) is 14.8 Å². The summed E-state index contributed by atoms with van der Waals surface area (Å²) >= 11 is 0. The summed E-state index contributed by atoms with van der Waals surface area (Å²) in [4.78, 5) is 12.0. The number of rotatable bonds is 5. The second-order valence-corrected chi connectivity index (χ2v) is 4.73. The molecular formula is C15H19NO3. The Labute approximate surface area is 111 Å². The molecule has 0 bridgehead atoms. The van der Waals surface area contributed by atoms with Crippen molar-refractivity contribution in [2.24, 2.45) is 0 Å². The lowest BCUT2D eigenvalue weighted by atomic mass is 10.1. The number of unbranched alkanes of at least 4 members (excludes halogenated alkanes) is 3. The lowest BCUT2D eigenvalue weighted by Crippen LogP contribution is -2.20. The Balaban J connectivity index is 2.44. The van der Waals surface area contributed by atoms with Gasteiger partial charge in [0.15, 0.2) is 5.75 Å². The predicted molar refractivity (Wildman–Crippen MR) is 75.7 cm³/mol. The van der Waals surface area contributed by atoms with Crippen molar-refractivity contribution in [3.05, 3.63) is 34.6 Å². The lowest BCUT2D eigenvalue weighted by Gasteiger charge is -2.12. The maximum absolute atomic E-state index is 12.0. The van der Waals surface area contributed by atoms with E-state index in [0.717, 1.165) is 25.7 Å². The van der Waals surface area contributed by atoms with Crippen LogP contribution in [0.1, 0.15) is 32.6 Å². The summed E-state index contributed by atoms with van der Waals surface area (Å²) in [6.45, 7) is 2.70. The average molecular weight is 261 g/mol. The van der Waals surface area contributed by atoms with Gasteiger partial charge in [-0.1, -0.05) is 38.3 Å². The highest BCUT2D eigenvalue weighted by Crippen LogP contribution is 2.30. The molecule has 0 saturated heterocycles. The summed E-state index contributed by atoms with van der Waals surface area (Å²) in [5, 5.41) is 20.0. The molecule has 0 saturated carbocycles. The molecule has 4 heteroatoms. The molecule has 1 aromatic heterocycles. The van der Waals surface area contributed by atoms with E-state index in [0.29, 0.717) is 17.4 Å². The van der Waals surface area contributed by atoms with Gasteiger partial charge in [-0.25, -0.2) is 0 Å². The molecule has 0 fully saturated rings. The number of hydrogen-bond acceptors (Lipinski definition) is 3. The first-order valence-corrected chi connectivity index (χ1v) is 6.70. The molecule has 1 aromatic carbocycles. The van der Waals surface area contributed by atoms with Crippen LogP contribution < -0.4 is 5.56 Å². The van der Waals surface area contributed by atoms with E-state index in [1.807, 2.05) is 6.07 Å². The van der Waals surface area contributed by atoms with E-state index in [9.17, 15) is 15.0 Å². The van der Waals surface area contributed by atoms with Gasteiger partial charge < -0.3 is 14.8 Å². The van der Waals surface area contributed by atoms with Crippen LogP contribution in [0.4, 0.5) is 0 Å². The van der Waals surface area contributed by atoms with Crippen LogP contribution in [-0.2, 0) is 6.54 Å². The number of aromatic nitrogens is 1. The molecule has 0 aliphatic carbocycles. The van der Waals surface area contributed by atoms with Crippen LogP contribution in [0.25, 0.3) is 10.9 Å². The second kappa shape index (κ2) is 5.78. The van der Waals surface area contributed by atoms with E-state index in [1.165, 1.54) is 0 Å². The third kappa shape index (κ3) is 2.57. The maximum atomic E-state index is 12.0. The van der Waals surface area contributed by atoms with Crippen molar-refractivity contribution in [3.63, 3.8) is 0 Å². The highest BCUT2D eigenvalue weighted by Gasteiger charge is 2.14. The smallest absolute Gasteiger partial charge is 0.297 e. The van der Waals surface area contributed by atoms with Gasteiger partial charge in [0.1, 0.15) is 0 Å². The zero-order chi connectivity index (χ0) is 13.8. The molecule has 0 radical (unpaired) electrons. The SMILES string of the molecule is CCCCCCn1c(=O)c(O)c(O)c2ccccc21. The Morgan fingerprint density at radius 3 is 2.53 bits per heavy atom. The summed E-state index contributed by atoms with van der Waals surface area (Å²) in [6.07, 6.45) is 4.22. The molecule has 0 amide bonds. The number of nitrogens with zero attached hydrogens (tertiary/aromatic N) is 1. The van der Waals surface area contributed by atoms with Crippen molar-refractivity contribution in [2.45, 2.75) is 39.2 Å². The third-order valence-corrected chi connectivity index (χ3v) is 3.36. The Morgan fingerprint density at radius 2 is 1.79 bits per heavy atom. The second-order valence-electron chi connectivity index (χ2n) is 4.73. The lowest BCUT2D eigenvalue weighted by molar-refractivity contribution is 0.396. The van der Waals surface area contributed by atoms with Crippen molar-refractivity contribution >= 4 is 10.9 Å². The van der Waals surface area contributed by atoms with Crippen LogP contribution in [0, 0.1) is 0 Å². The molecule has 0 spiro atoms. The monoisotopic (exact) mass is 261 g/mol. The number of pyridine rings is 1. The van der Waals surface area contributed by atoms with E-state index < -0.39 is 11.3 Å². The first-order chi connectivity index (χ1) is 9.16. The van der Waals surface area contributed by atoms with Gasteiger partial charge in [0.2, 0.25) is 5.75 Å². The molecule has 0 aliphatic heterocycles. The normalized spacial score (nSPS) is 11.0. The average Bonchev–Trinajstić information content (AvgIpc) is 2.44. The molecule has 0 aliphatic rings. The van der Waals surface area contributed by atoms with E-state index in [2.05, 4.69) is 6.92 Å². The molecule has 2 N–H and O–H groups in total. The van der Waals surface area contributed by atoms with E-state index in [-0.39, 0.29) is 5.75 Å². The molecule has 0 unspecified atom stereocenters. The summed E-state index contributed by atoms with van der Waals surface area (Å²) in [7, 11) is 0. The molecule has 4 nitrogen and oxygen atoms in total. The fraction of sp³-hybridized carbons (Fsp3) is 0.400. The van der Waals surface area contributed by atoms with Crippen LogP contribution in [0.15, 0.2) is 29.1 Å². The number of aryl methyl sites for hydroxylation is 1. The first-order valence-electron chi connectivity index (χ1n) is 6.70. The van der Waals surface area contributed by atoms with Crippen molar-refractivity contribution in [2.75, 3.05) is 0 Å². The minimum absolute atomic E-state index is 0.328. The van der Waals surface area contributed by atoms with Crippen molar-refractivity contribution in [1.29, 1.82) is 0 Å². The van der Waals surface area contributed by atoms with Gasteiger partial charge in [0, 0.05) is 11.9 Å². The van der Waals surface area contributed by atoms with Crippen LogP contribution in [0.5, 0.6) is 11.5 Å². The van der Waals surface area contributed by atoms with E-state index in [4.69, 9.17) is 0 Å². The molecule has 102 valence electrons. The Bertz CT molecular complexity index is 631. The minimum atomic E-state index is -0.561. The van der Waals surface area contributed by atoms with E-state index >= 15 is 0 Å². The molecule has 0 atom stereocenters. The summed E-state index contributed by atoms with van der Waals surface area (Å²) < 4.78 is 1.54. The Morgan fingerprint density at radius 1 is 1.05 bits per heavy atom. The topological polar surface area (TPSA) is 62.5 Å². The first kappa shape index (κ1) is 13.5. The number of benzene rings is 1. The number of hydrogen-bond donors (Lipinski definition) is 2. The minimum Gasteiger partial charge on any atom is -0.504 e. The largest absolute Gasteiger partial charge is 0.504 e. The standard InChI is InChI=1S/C15H19NO3/c1-2-3-4-7-10-16-12-9-6-5-8-11(12)13(17)14(18)15(16)19/h5-6,8-9,17-18H,2-4,7,10H2,1H3. The maximum Gasteiger partial charge on any atom is 0.297 e. The molecule has 2 aromatic rings. The van der Waals surface area contributed by atoms with Gasteiger partial charge in [0.05, 0.1) is 5.52 Å². The highest BCUT2D eigenvalue weighted by molar-refractivity contribution is 5.87. The summed E-state index contributed by atoms with van der Waals surface area (Å²) in [6, 6.07) is 7.08. The molecule has 1 heterocycles. The highest BCUT2D eigenvalue weighted by atomic mass is 16.3. The van der Waals surface area contributed by atoms with Crippen molar-refractivity contribution in [3.8, 4) is 11.5 Å². The van der Waals surface area contributed by atoms with Gasteiger partial charge in [-0.05, 0) is 18.6 Å². The third-order valence-electron chi connectivity index (χ3n) is 3.36. The van der Waals surface area contributed by atoms with Crippen LogP contribution in [0.3, 0.4) is 0 Å². The number of aromatic hydroxyl groups is 2. The fourth-order valence-electron chi connectivity index (χ4n) is 2.29. The van der Waals surface area contributed by atoms with E-state index in [1.54, 1.807) is 22.8 Å². The molecule has 19 heavy (non-hydrogen) atoms. The van der Waals surface area contributed by atoms with Gasteiger partial charge >= 0.3 is 0 Å². The quantitative estimate of drug-likeness (QED) is 0.813. The van der Waals surface area contributed by atoms with Crippen LogP contribution >= 0.6 is 0 Å². The van der Waals surface area contributed by atoms with Crippen molar-refractivity contribution < 1.29 is 10.2 Å². The zero-order valence-corrected chi connectivity index (χ0v) is 11.1. The number of fused-ring (bicyclic) bond motifs is 1. The molecule has 2 rings (SSSR count). The van der Waals surface area contributed by atoms with Gasteiger partial charge in [-0.15, -0.1) is 0 Å². The Kier molecular flexibility index (Phi) is 4.10. The van der Waals surface area contributed by atoms with Gasteiger partial charge in [-0.2, -0.15) is 0 Å². The predicted octanol–water partition coefficient (Wildman–Crippen LogP) is 2.99. The zero-order valence-electron chi connectivity index (χ0n) is 11.1.